The van der Waals surface area contributed by atoms with Crippen LogP contribution < -0.4 is 5.32 Å². The lowest BCUT2D eigenvalue weighted by molar-refractivity contribution is 0.280. The van der Waals surface area contributed by atoms with Crippen molar-refractivity contribution in [1.29, 1.82) is 0 Å². The van der Waals surface area contributed by atoms with Gasteiger partial charge in [-0.05, 0) is 53.7 Å². The molecular formula is C14H21BrN2. The van der Waals surface area contributed by atoms with E-state index in [-0.39, 0.29) is 0 Å². The van der Waals surface area contributed by atoms with Crippen LogP contribution in [0.25, 0.3) is 0 Å². The van der Waals surface area contributed by atoms with Crippen LogP contribution in [0.5, 0.6) is 0 Å². The van der Waals surface area contributed by atoms with Gasteiger partial charge in [0.25, 0.3) is 0 Å². The van der Waals surface area contributed by atoms with Crippen molar-refractivity contribution in [3.05, 3.63) is 28.5 Å². The zero-order valence-corrected chi connectivity index (χ0v) is 12.0. The molecule has 1 saturated carbocycles. The molecule has 3 heteroatoms. The maximum atomic E-state index is 4.44. The van der Waals surface area contributed by atoms with Crippen molar-refractivity contribution in [3.8, 4) is 0 Å². The van der Waals surface area contributed by atoms with E-state index >= 15 is 0 Å². The smallest absolute Gasteiger partial charge is 0.106 e. The molecule has 0 radical (unpaired) electrons. The molecule has 0 bridgehead atoms. The van der Waals surface area contributed by atoms with Crippen molar-refractivity contribution in [3.63, 3.8) is 0 Å². The van der Waals surface area contributed by atoms with Gasteiger partial charge in [0.15, 0.2) is 0 Å². The van der Waals surface area contributed by atoms with Gasteiger partial charge in [-0.25, -0.2) is 4.98 Å². The van der Waals surface area contributed by atoms with Crippen LogP contribution in [-0.2, 0) is 6.54 Å². The van der Waals surface area contributed by atoms with Gasteiger partial charge in [-0.1, -0.05) is 25.3 Å². The first-order valence-corrected chi connectivity index (χ1v) is 7.40. The van der Waals surface area contributed by atoms with Crippen LogP contribution >= 0.6 is 15.9 Å². The molecule has 1 aromatic heterocycles. The third-order valence-corrected chi connectivity index (χ3v) is 4.18. The van der Waals surface area contributed by atoms with E-state index in [1.807, 2.05) is 12.1 Å². The summed E-state index contributed by atoms with van der Waals surface area (Å²) in [4.78, 5) is 4.44. The van der Waals surface area contributed by atoms with Gasteiger partial charge in [-0.3, -0.25) is 0 Å². The molecule has 1 heterocycles. The third-order valence-electron chi connectivity index (χ3n) is 3.73. The van der Waals surface area contributed by atoms with Gasteiger partial charge < -0.3 is 5.32 Å². The number of rotatable bonds is 4. The molecule has 0 spiro atoms. The van der Waals surface area contributed by atoms with Crippen molar-refractivity contribution in [2.75, 3.05) is 0 Å². The van der Waals surface area contributed by atoms with Crippen molar-refractivity contribution < 1.29 is 0 Å². The average molecular weight is 297 g/mol. The second-order valence-electron chi connectivity index (χ2n) is 5.02. The Morgan fingerprint density at radius 3 is 2.82 bits per heavy atom. The number of nitrogens with zero attached hydrogens (tertiary/aromatic N) is 1. The maximum absolute atomic E-state index is 4.44. The molecule has 1 aliphatic carbocycles. The van der Waals surface area contributed by atoms with E-state index in [2.05, 4.69) is 39.2 Å². The highest BCUT2D eigenvalue weighted by Gasteiger charge is 2.19. The van der Waals surface area contributed by atoms with Crippen molar-refractivity contribution in [2.24, 2.45) is 5.92 Å². The zero-order valence-electron chi connectivity index (χ0n) is 10.5. The first kappa shape index (κ1) is 13.0. The maximum Gasteiger partial charge on any atom is 0.106 e. The van der Waals surface area contributed by atoms with Crippen LogP contribution in [0.2, 0.25) is 0 Å². The van der Waals surface area contributed by atoms with Crippen molar-refractivity contribution in [1.82, 2.24) is 10.3 Å². The fourth-order valence-corrected chi connectivity index (χ4v) is 3.00. The van der Waals surface area contributed by atoms with Crippen LogP contribution in [0, 0.1) is 5.92 Å². The normalized spacial score (nSPS) is 19.2. The molecule has 0 saturated heterocycles. The summed E-state index contributed by atoms with van der Waals surface area (Å²) >= 11 is 3.41. The Bertz CT molecular complexity index is 348. The summed E-state index contributed by atoms with van der Waals surface area (Å²) in [7, 11) is 0. The largest absolute Gasteiger partial charge is 0.308 e. The molecule has 1 fully saturated rings. The van der Waals surface area contributed by atoms with E-state index < -0.39 is 0 Å². The highest BCUT2D eigenvalue weighted by Crippen LogP contribution is 2.26. The van der Waals surface area contributed by atoms with E-state index in [0.29, 0.717) is 6.04 Å². The fraction of sp³-hybridized carbons (Fsp3) is 0.643. The Morgan fingerprint density at radius 2 is 2.12 bits per heavy atom. The summed E-state index contributed by atoms with van der Waals surface area (Å²) in [6, 6.07) is 6.69. The van der Waals surface area contributed by atoms with E-state index in [1.165, 1.54) is 32.1 Å². The van der Waals surface area contributed by atoms with Crippen LogP contribution in [0.4, 0.5) is 0 Å². The summed E-state index contributed by atoms with van der Waals surface area (Å²) < 4.78 is 0.919. The Labute approximate surface area is 112 Å². The van der Waals surface area contributed by atoms with Crippen LogP contribution in [0.3, 0.4) is 0 Å². The second-order valence-corrected chi connectivity index (χ2v) is 5.83. The molecule has 1 atom stereocenters. The van der Waals surface area contributed by atoms with Gasteiger partial charge in [-0.15, -0.1) is 0 Å². The quantitative estimate of drug-likeness (QED) is 0.853. The monoisotopic (exact) mass is 296 g/mol. The Balaban J connectivity index is 1.80. The highest BCUT2D eigenvalue weighted by molar-refractivity contribution is 9.10. The molecule has 0 unspecified atom stereocenters. The third kappa shape index (κ3) is 4.07. The Morgan fingerprint density at radius 1 is 1.35 bits per heavy atom. The van der Waals surface area contributed by atoms with Gasteiger partial charge in [0.05, 0.1) is 5.69 Å². The zero-order chi connectivity index (χ0) is 12.1. The molecule has 0 amide bonds. The van der Waals surface area contributed by atoms with Crippen LogP contribution in [-0.4, -0.2) is 11.0 Å². The Hall–Kier alpha value is -0.410. The average Bonchev–Trinajstić information content (AvgIpc) is 2.37. The predicted molar refractivity (Wildman–Crippen MR) is 74.8 cm³/mol. The minimum Gasteiger partial charge on any atom is -0.308 e. The summed E-state index contributed by atoms with van der Waals surface area (Å²) in [6.45, 7) is 3.19. The molecule has 0 aromatic carbocycles. The molecule has 2 rings (SSSR count). The minimum atomic E-state index is 0.607. The molecule has 1 aliphatic rings. The Kier molecular flexibility index (Phi) is 4.99. The summed E-state index contributed by atoms with van der Waals surface area (Å²) in [5, 5.41) is 3.61. The van der Waals surface area contributed by atoms with Gasteiger partial charge >= 0.3 is 0 Å². The first-order valence-electron chi connectivity index (χ1n) is 6.60. The first-order chi connectivity index (χ1) is 8.25. The lowest BCUT2D eigenvalue weighted by Gasteiger charge is -2.28. The van der Waals surface area contributed by atoms with Gasteiger partial charge in [0.2, 0.25) is 0 Å². The number of hydrogen-bond acceptors (Lipinski definition) is 2. The molecule has 1 aromatic rings. The standard InChI is InChI=1S/C14H21BrN2/c1-11(12-6-3-2-4-7-12)16-10-13-8-5-9-14(15)17-13/h5,8-9,11-12,16H,2-4,6-7,10H2,1H3/t11-/m1/s1. The number of aromatic nitrogens is 1. The fourth-order valence-electron chi connectivity index (χ4n) is 2.62. The molecule has 17 heavy (non-hydrogen) atoms. The van der Waals surface area contributed by atoms with Crippen molar-refractivity contribution >= 4 is 15.9 Å². The second kappa shape index (κ2) is 6.50. The lowest BCUT2D eigenvalue weighted by Crippen LogP contribution is -2.34. The highest BCUT2D eigenvalue weighted by atomic mass is 79.9. The van der Waals surface area contributed by atoms with E-state index in [0.717, 1.165) is 22.8 Å². The molecule has 94 valence electrons. The number of hydrogen-bond donors (Lipinski definition) is 1. The topological polar surface area (TPSA) is 24.9 Å². The minimum absolute atomic E-state index is 0.607. The van der Waals surface area contributed by atoms with Gasteiger partial charge in [0.1, 0.15) is 4.60 Å². The van der Waals surface area contributed by atoms with E-state index in [1.54, 1.807) is 0 Å². The molecular weight excluding hydrogens is 276 g/mol. The molecule has 2 nitrogen and oxygen atoms in total. The number of halogens is 1. The molecule has 1 N–H and O–H groups in total. The summed E-state index contributed by atoms with van der Waals surface area (Å²) in [6.07, 6.45) is 7.02. The summed E-state index contributed by atoms with van der Waals surface area (Å²) in [5.41, 5.74) is 1.11. The lowest BCUT2D eigenvalue weighted by atomic mass is 9.84. The van der Waals surface area contributed by atoms with Crippen LogP contribution in [0.1, 0.15) is 44.7 Å². The van der Waals surface area contributed by atoms with Gasteiger partial charge in [0, 0.05) is 12.6 Å². The van der Waals surface area contributed by atoms with Crippen LogP contribution in [0.15, 0.2) is 22.8 Å². The van der Waals surface area contributed by atoms with E-state index in [9.17, 15) is 0 Å². The number of pyridine rings is 1. The SMILES string of the molecule is C[C@@H](NCc1cccc(Br)n1)C1CCCCC1. The van der Waals surface area contributed by atoms with E-state index in [4.69, 9.17) is 0 Å². The van der Waals surface area contributed by atoms with Gasteiger partial charge in [-0.2, -0.15) is 0 Å². The molecule has 0 aliphatic heterocycles. The summed E-state index contributed by atoms with van der Waals surface area (Å²) in [5.74, 6) is 0.857. The predicted octanol–water partition coefficient (Wildman–Crippen LogP) is 3.90. The van der Waals surface area contributed by atoms with Crippen molar-refractivity contribution in [2.45, 2.75) is 51.6 Å². The number of nitrogens with one attached hydrogen (secondary N) is 1.